The molecule has 1 heterocycles. The Balaban J connectivity index is 2.26. The van der Waals surface area contributed by atoms with Gasteiger partial charge in [-0.05, 0) is 17.7 Å². The van der Waals surface area contributed by atoms with Crippen LogP contribution < -0.4 is 5.32 Å². The van der Waals surface area contributed by atoms with Crippen molar-refractivity contribution in [2.24, 2.45) is 0 Å². The average molecular weight is 237 g/mol. The van der Waals surface area contributed by atoms with Crippen LogP contribution in [0.1, 0.15) is 11.7 Å². The van der Waals surface area contributed by atoms with E-state index in [1.165, 1.54) is 12.1 Å². The van der Waals surface area contributed by atoms with Gasteiger partial charge >= 0.3 is 5.97 Å². The van der Waals surface area contributed by atoms with Crippen LogP contribution in [0, 0.1) is 0 Å². The average Bonchev–Trinajstić information content (AvgIpc) is 2.30. The van der Waals surface area contributed by atoms with Gasteiger partial charge in [-0.15, -0.1) is 0 Å². The number of amides is 1. The molecule has 0 bridgehead atoms. The molecule has 17 heavy (non-hydrogen) atoms. The molecular formula is C11H11NO5. The van der Waals surface area contributed by atoms with Crippen LogP contribution in [0.5, 0.6) is 5.75 Å². The molecule has 1 saturated heterocycles. The van der Waals surface area contributed by atoms with Crippen molar-refractivity contribution in [1.82, 2.24) is 5.32 Å². The third-order valence-corrected chi connectivity index (χ3v) is 2.50. The summed E-state index contributed by atoms with van der Waals surface area (Å²) in [4.78, 5) is 22.1. The number of ether oxygens (including phenoxy) is 1. The lowest BCUT2D eigenvalue weighted by Crippen LogP contribution is -2.51. The molecule has 6 heteroatoms. The van der Waals surface area contributed by atoms with E-state index in [9.17, 15) is 9.59 Å². The normalized spacial score (nSPS) is 24.1. The number of hydrogen-bond acceptors (Lipinski definition) is 4. The monoisotopic (exact) mass is 237 g/mol. The number of carboxylic acid groups (broad SMARTS) is 1. The van der Waals surface area contributed by atoms with E-state index in [1.54, 1.807) is 12.1 Å². The first kappa shape index (κ1) is 11.4. The van der Waals surface area contributed by atoms with Crippen LogP contribution in [0.4, 0.5) is 0 Å². The Kier molecular flexibility index (Phi) is 2.97. The van der Waals surface area contributed by atoms with E-state index < -0.39 is 24.0 Å². The van der Waals surface area contributed by atoms with E-state index in [-0.39, 0.29) is 12.4 Å². The van der Waals surface area contributed by atoms with Gasteiger partial charge in [-0.3, -0.25) is 4.79 Å². The highest BCUT2D eigenvalue weighted by Gasteiger charge is 2.35. The molecule has 0 aliphatic carbocycles. The summed E-state index contributed by atoms with van der Waals surface area (Å²) in [6, 6.07) is 4.89. The van der Waals surface area contributed by atoms with Crippen molar-refractivity contribution in [3.63, 3.8) is 0 Å². The van der Waals surface area contributed by atoms with Gasteiger partial charge in [0.2, 0.25) is 5.91 Å². The third kappa shape index (κ3) is 2.36. The number of carbonyl (C=O) groups excluding carboxylic acids is 1. The second-order valence-corrected chi connectivity index (χ2v) is 3.71. The summed E-state index contributed by atoms with van der Waals surface area (Å²) in [6.45, 7) is -0.171. The summed E-state index contributed by atoms with van der Waals surface area (Å²) < 4.78 is 5.22. The van der Waals surface area contributed by atoms with E-state index in [0.29, 0.717) is 5.56 Å². The van der Waals surface area contributed by atoms with Crippen molar-refractivity contribution >= 4 is 11.9 Å². The van der Waals surface area contributed by atoms with E-state index in [1.807, 2.05) is 0 Å². The maximum atomic E-state index is 11.1. The summed E-state index contributed by atoms with van der Waals surface area (Å²) in [5.74, 6) is -1.52. The zero-order valence-electron chi connectivity index (χ0n) is 8.79. The maximum absolute atomic E-state index is 11.1. The van der Waals surface area contributed by atoms with Gasteiger partial charge in [0.1, 0.15) is 18.5 Å². The first-order valence-corrected chi connectivity index (χ1v) is 5.00. The van der Waals surface area contributed by atoms with Gasteiger partial charge in [0, 0.05) is 0 Å². The van der Waals surface area contributed by atoms with Gasteiger partial charge in [-0.1, -0.05) is 12.1 Å². The van der Waals surface area contributed by atoms with Gasteiger partial charge in [-0.25, -0.2) is 4.79 Å². The van der Waals surface area contributed by atoms with Crippen molar-refractivity contribution in [1.29, 1.82) is 0 Å². The number of aliphatic carboxylic acids is 1. The molecule has 1 aromatic carbocycles. The highest BCUT2D eigenvalue weighted by atomic mass is 16.5. The predicted molar refractivity (Wildman–Crippen MR) is 56.4 cm³/mol. The summed E-state index contributed by atoms with van der Waals surface area (Å²) in [7, 11) is 0. The quantitative estimate of drug-likeness (QED) is 0.674. The van der Waals surface area contributed by atoms with Gasteiger partial charge in [0.25, 0.3) is 0 Å². The van der Waals surface area contributed by atoms with Crippen molar-refractivity contribution in [2.75, 3.05) is 6.61 Å². The SMILES string of the molecule is O=C1COC(c2ccc(O)cc2)C(C(=O)O)N1. The van der Waals surface area contributed by atoms with E-state index in [4.69, 9.17) is 14.9 Å². The number of nitrogens with one attached hydrogen (secondary N) is 1. The van der Waals surface area contributed by atoms with Crippen LogP contribution in [0.25, 0.3) is 0 Å². The Labute approximate surface area is 96.8 Å². The number of phenolic OH excluding ortho intramolecular Hbond substituents is 1. The molecule has 1 fully saturated rings. The van der Waals surface area contributed by atoms with Crippen molar-refractivity contribution in [2.45, 2.75) is 12.1 Å². The summed E-state index contributed by atoms with van der Waals surface area (Å²) in [5.41, 5.74) is 0.593. The van der Waals surface area contributed by atoms with Crippen molar-refractivity contribution in [3.05, 3.63) is 29.8 Å². The minimum Gasteiger partial charge on any atom is -0.508 e. The van der Waals surface area contributed by atoms with Gasteiger partial charge < -0.3 is 20.3 Å². The minimum atomic E-state index is -1.16. The Morgan fingerprint density at radius 1 is 1.35 bits per heavy atom. The van der Waals surface area contributed by atoms with Crippen LogP contribution in [0.3, 0.4) is 0 Å². The first-order valence-electron chi connectivity index (χ1n) is 5.00. The molecule has 2 unspecified atom stereocenters. The van der Waals surface area contributed by atoms with Crippen LogP contribution in [-0.2, 0) is 14.3 Å². The van der Waals surface area contributed by atoms with Crippen molar-refractivity contribution in [3.8, 4) is 5.75 Å². The molecule has 0 aromatic heterocycles. The zero-order chi connectivity index (χ0) is 12.4. The van der Waals surface area contributed by atoms with Crippen molar-refractivity contribution < 1.29 is 24.5 Å². The Hall–Kier alpha value is -2.08. The Bertz CT molecular complexity index is 442. The number of morpholine rings is 1. The molecule has 2 atom stereocenters. The molecule has 2 rings (SSSR count). The number of carbonyl (C=O) groups is 2. The molecule has 1 aliphatic heterocycles. The summed E-state index contributed by atoms with van der Waals surface area (Å²) in [6.07, 6.45) is -0.745. The molecule has 0 saturated carbocycles. The molecule has 6 nitrogen and oxygen atoms in total. The fourth-order valence-electron chi connectivity index (χ4n) is 1.70. The Morgan fingerprint density at radius 3 is 2.59 bits per heavy atom. The van der Waals surface area contributed by atoms with Crippen LogP contribution in [0.2, 0.25) is 0 Å². The van der Waals surface area contributed by atoms with E-state index >= 15 is 0 Å². The number of rotatable bonds is 2. The largest absolute Gasteiger partial charge is 0.508 e. The Morgan fingerprint density at radius 2 is 2.00 bits per heavy atom. The van der Waals surface area contributed by atoms with Crippen LogP contribution >= 0.6 is 0 Å². The van der Waals surface area contributed by atoms with Gasteiger partial charge in [-0.2, -0.15) is 0 Å². The zero-order valence-corrected chi connectivity index (χ0v) is 8.79. The summed E-state index contributed by atoms with van der Waals surface area (Å²) >= 11 is 0. The topological polar surface area (TPSA) is 95.9 Å². The summed E-state index contributed by atoms with van der Waals surface area (Å²) in [5, 5.41) is 20.5. The number of hydrogen-bond donors (Lipinski definition) is 3. The molecule has 0 radical (unpaired) electrons. The molecule has 1 amide bonds. The smallest absolute Gasteiger partial charge is 0.329 e. The van der Waals surface area contributed by atoms with Gasteiger partial charge in [0.05, 0.1) is 0 Å². The fraction of sp³-hybridized carbons (Fsp3) is 0.273. The highest BCUT2D eigenvalue weighted by Crippen LogP contribution is 2.25. The predicted octanol–water partition coefficient (Wildman–Crippen LogP) is 0.0329. The van der Waals surface area contributed by atoms with Crippen LogP contribution in [-0.4, -0.2) is 34.7 Å². The second kappa shape index (κ2) is 4.42. The lowest BCUT2D eigenvalue weighted by atomic mass is 10.0. The number of aromatic hydroxyl groups is 1. The van der Waals surface area contributed by atoms with E-state index in [0.717, 1.165) is 0 Å². The molecule has 0 spiro atoms. The van der Waals surface area contributed by atoms with E-state index in [2.05, 4.69) is 5.32 Å². The molecule has 1 aliphatic rings. The first-order chi connectivity index (χ1) is 8.08. The molecule has 1 aromatic rings. The number of carboxylic acids is 1. The molecule has 3 N–H and O–H groups in total. The minimum absolute atomic E-state index is 0.0838. The lowest BCUT2D eigenvalue weighted by molar-refractivity contribution is -0.154. The molecule has 90 valence electrons. The number of phenols is 1. The molecular weight excluding hydrogens is 226 g/mol. The fourth-order valence-corrected chi connectivity index (χ4v) is 1.70. The number of benzene rings is 1. The highest BCUT2D eigenvalue weighted by molar-refractivity contribution is 5.86. The second-order valence-electron chi connectivity index (χ2n) is 3.71. The standard InChI is InChI=1S/C11H11NO5/c13-7-3-1-6(2-4-7)10-9(11(15)16)12-8(14)5-17-10/h1-4,9-10,13H,5H2,(H,12,14)(H,15,16). The third-order valence-electron chi connectivity index (χ3n) is 2.50. The lowest BCUT2D eigenvalue weighted by Gasteiger charge is -2.29. The van der Waals surface area contributed by atoms with Crippen LogP contribution in [0.15, 0.2) is 24.3 Å². The maximum Gasteiger partial charge on any atom is 0.329 e. The van der Waals surface area contributed by atoms with Gasteiger partial charge in [0.15, 0.2) is 6.04 Å².